The van der Waals surface area contributed by atoms with Crippen LogP contribution in [0.1, 0.15) is 26.2 Å². The summed E-state index contributed by atoms with van der Waals surface area (Å²) in [6.45, 7) is 6.68. The zero-order chi connectivity index (χ0) is 16.3. The predicted octanol–water partition coefficient (Wildman–Crippen LogP) is 2.75. The summed E-state index contributed by atoms with van der Waals surface area (Å²) in [5.74, 6) is 0.774. The molecule has 0 bridgehead atoms. The SMILES string of the molecule is C=C/C=C(\C=C/C)OCCCCF.CNCC/C(N)=C/N. The lowest BCUT2D eigenvalue weighted by Crippen LogP contribution is -2.12. The lowest BCUT2D eigenvalue weighted by atomic mass is 10.3. The van der Waals surface area contributed by atoms with Crippen molar-refractivity contribution in [2.45, 2.75) is 26.2 Å². The molecule has 4 nitrogen and oxygen atoms in total. The number of unbranched alkanes of at least 4 members (excludes halogenated alkanes) is 1. The van der Waals surface area contributed by atoms with Gasteiger partial charge in [0.15, 0.2) is 0 Å². The van der Waals surface area contributed by atoms with E-state index in [1.54, 1.807) is 12.2 Å². The van der Waals surface area contributed by atoms with Gasteiger partial charge in [0.05, 0.1) is 13.3 Å². The van der Waals surface area contributed by atoms with E-state index in [1.165, 1.54) is 6.20 Å². The van der Waals surface area contributed by atoms with Gasteiger partial charge >= 0.3 is 0 Å². The maximum Gasteiger partial charge on any atom is 0.118 e. The summed E-state index contributed by atoms with van der Waals surface area (Å²) in [5, 5.41) is 2.96. The van der Waals surface area contributed by atoms with E-state index in [1.807, 2.05) is 26.1 Å². The molecule has 0 spiro atoms. The number of ether oxygens (including phenoxy) is 1. The second-order valence-corrected chi connectivity index (χ2v) is 4.14. The van der Waals surface area contributed by atoms with Gasteiger partial charge in [-0.25, -0.2) is 0 Å². The Morgan fingerprint density at radius 1 is 1.38 bits per heavy atom. The maximum absolute atomic E-state index is 11.7. The van der Waals surface area contributed by atoms with E-state index in [4.69, 9.17) is 16.2 Å². The van der Waals surface area contributed by atoms with E-state index in [0.717, 1.165) is 30.8 Å². The van der Waals surface area contributed by atoms with Crippen molar-refractivity contribution in [2.24, 2.45) is 11.5 Å². The van der Waals surface area contributed by atoms with E-state index in [2.05, 4.69) is 11.9 Å². The van der Waals surface area contributed by atoms with Gasteiger partial charge in [0.25, 0.3) is 0 Å². The lowest BCUT2D eigenvalue weighted by Gasteiger charge is -2.04. The smallest absolute Gasteiger partial charge is 0.118 e. The molecule has 0 amide bonds. The average molecular weight is 299 g/mol. The molecule has 0 radical (unpaired) electrons. The standard InChI is InChI=1S/C11H17FO.C5H13N3/c1-3-7-11(8-4-2)13-10-6-5-9-12;1-8-3-2-5(7)4-6/h3-4,7-8H,1,5-6,9-10H2,2H3;4,8H,2-3,6-7H2,1H3/b8-4-,11-7+;5-4-. The third-order valence-corrected chi connectivity index (χ3v) is 2.29. The van der Waals surface area contributed by atoms with E-state index in [0.29, 0.717) is 13.0 Å². The molecule has 0 saturated heterocycles. The maximum atomic E-state index is 11.7. The predicted molar refractivity (Wildman–Crippen MR) is 89.3 cm³/mol. The molecule has 0 heterocycles. The van der Waals surface area contributed by atoms with Gasteiger partial charge in [-0.2, -0.15) is 0 Å². The molecule has 0 aromatic rings. The summed E-state index contributed by atoms with van der Waals surface area (Å²) in [6, 6.07) is 0. The van der Waals surface area contributed by atoms with Crippen molar-refractivity contribution in [1.82, 2.24) is 5.32 Å². The Hall–Kier alpha value is -1.75. The largest absolute Gasteiger partial charge is 0.494 e. The summed E-state index contributed by atoms with van der Waals surface area (Å²) in [6.07, 6.45) is 10.8. The van der Waals surface area contributed by atoms with Crippen LogP contribution in [0.3, 0.4) is 0 Å². The Morgan fingerprint density at radius 2 is 2.10 bits per heavy atom. The van der Waals surface area contributed by atoms with E-state index in [-0.39, 0.29) is 6.67 Å². The number of halogens is 1. The van der Waals surface area contributed by atoms with Crippen LogP contribution in [-0.2, 0) is 4.74 Å². The van der Waals surface area contributed by atoms with Gasteiger partial charge in [0, 0.05) is 24.9 Å². The Kier molecular flexibility index (Phi) is 18.7. The fourth-order valence-electron chi connectivity index (χ4n) is 1.17. The molecule has 0 aliphatic carbocycles. The summed E-state index contributed by atoms with van der Waals surface area (Å²) in [7, 11) is 1.88. The monoisotopic (exact) mass is 299 g/mol. The first-order valence-corrected chi connectivity index (χ1v) is 7.11. The molecule has 0 aliphatic rings. The summed E-state index contributed by atoms with van der Waals surface area (Å²) < 4.78 is 17.1. The van der Waals surface area contributed by atoms with E-state index < -0.39 is 0 Å². The molecule has 0 aliphatic heterocycles. The Bertz CT molecular complexity index is 325. The molecule has 0 atom stereocenters. The topological polar surface area (TPSA) is 73.3 Å². The van der Waals surface area contributed by atoms with Crippen molar-refractivity contribution in [3.63, 3.8) is 0 Å². The van der Waals surface area contributed by atoms with Crippen molar-refractivity contribution in [3.8, 4) is 0 Å². The summed E-state index contributed by atoms with van der Waals surface area (Å²) in [4.78, 5) is 0. The third kappa shape index (κ3) is 18.2. The van der Waals surface area contributed by atoms with Gasteiger partial charge in [-0.3, -0.25) is 4.39 Å². The first kappa shape index (κ1) is 21.5. The molecule has 0 aromatic heterocycles. The fourth-order valence-corrected chi connectivity index (χ4v) is 1.17. The first-order chi connectivity index (χ1) is 10.2. The Balaban J connectivity index is 0. The number of alkyl halides is 1. The highest BCUT2D eigenvalue weighted by Gasteiger charge is 1.91. The highest BCUT2D eigenvalue weighted by atomic mass is 19.1. The van der Waals surface area contributed by atoms with Crippen LogP contribution >= 0.6 is 0 Å². The minimum absolute atomic E-state index is 0.270. The quantitative estimate of drug-likeness (QED) is 0.329. The number of nitrogens with two attached hydrogens (primary N) is 2. The van der Waals surface area contributed by atoms with Crippen LogP contribution in [0.2, 0.25) is 0 Å². The van der Waals surface area contributed by atoms with Crippen molar-refractivity contribution < 1.29 is 9.13 Å². The minimum Gasteiger partial charge on any atom is -0.494 e. The zero-order valence-corrected chi connectivity index (χ0v) is 13.3. The molecule has 0 unspecified atom stereocenters. The van der Waals surface area contributed by atoms with Gasteiger partial charge < -0.3 is 21.5 Å². The van der Waals surface area contributed by atoms with Crippen LogP contribution in [-0.4, -0.2) is 26.9 Å². The average Bonchev–Trinajstić information content (AvgIpc) is 2.50. The molecule has 0 saturated carbocycles. The van der Waals surface area contributed by atoms with E-state index in [9.17, 15) is 4.39 Å². The number of allylic oxidation sites excluding steroid dienone is 4. The number of hydrogen-bond acceptors (Lipinski definition) is 4. The summed E-state index contributed by atoms with van der Waals surface area (Å²) >= 11 is 0. The van der Waals surface area contributed by atoms with Crippen LogP contribution in [0.25, 0.3) is 0 Å². The fraction of sp³-hybridized carbons (Fsp3) is 0.500. The minimum atomic E-state index is -0.270. The molecule has 5 heteroatoms. The summed E-state index contributed by atoms with van der Waals surface area (Å²) in [5.41, 5.74) is 11.2. The lowest BCUT2D eigenvalue weighted by molar-refractivity contribution is 0.214. The van der Waals surface area contributed by atoms with Crippen LogP contribution in [0, 0.1) is 0 Å². The molecule has 122 valence electrons. The van der Waals surface area contributed by atoms with Crippen molar-refractivity contribution in [1.29, 1.82) is 0 Å². The number of nitrogens with one attached hydrogen (secondary N) is 1. The van der Waals surface area contributed by atoms with Gasteiger partial charge in [0.1, 0.15) is 5.76 Å². The molecule has 5 N–H and O–H groups in total. The van der Waals surface area contributed by atoms with Crippen molar-refractivity contribution in [2.75, 3.05) is 26.9 Å². The van der Waals surface area contributed by atoms with Gasteiger partial charge in [0.2, 0.25) is 0 Å². The number of rotatable bonds is 10. The van der Waals surface area contributed by atoms with Crippen LogP contribution in [0.5, 0.6) is 0 Å². The van der Waals surface area contributed by atoms with Crippen molar-refractivity contribution in [3.05, 3.63) is 48.5 Å². The molecular weight excluding hydrogens is 269 g/mol. The van der Waals surface area contributed by atoms with Crippen LogP contribution in [0.4, 0.5) is 4.39 Å². The molecule has 21 heavy (non-hydrogen) atoms. The normalized spacial score (nSPS) is 12.0. The number of hydrogen-bond donors (Lipinski definition) is 3. The second-order valence-electron chi connectivity index (χ2n) is 4.14. The van der Waals surface area contributed by atoms with Crippen molar-refractivity contribution >= 4 is 0 Å². The molecule has 0 fully saturated rings. The van der Waals surface area contributed by atoms with Crippen LogP contribution in [0.15, 0.2) is 48.5 Å². The molecular formula is C16H30FN3O. The Morgan fingerprint density at radius 3 is 2.57 bits per heavy atom. The molecule has 0 aromatic carbocycles. The van der Waals surface area contributed by atoms with Gasteiger partial charge in [-0.1, -0.05) is 18.7 Å². The third-order valence-electron chi connectivity index (χ3n) is 2.29. The first-order valence-electron chi connectivity index (χ1n) is 7.11. The molecule has 0 rings (SSSR count). The van der Waals surface area contributed by atoms with Gasteiger partial charge in [-0.05, 0) is 39.0 Å². The van der Waals surface area contributed by atoms with E-state index >= 15 is 0 Å². The zero-order valence-electron chi connectivity index (χ0n) is 13.3. The second kappa shape index (κ2) is 18.2. The van der Waals surface area contributed by atoms with Crippen LogP contribution < -0.4 is 16.8 Å². The highest BCUT2D eigenvalue weighted by Crippen LogP contribution is 2.02. The highest BCUT2D eigenvalue weighted by molar-refractivity contribution is 5.16. The Labute approximate surface area is 128 Å². The van der Waals surface area contributed by atoms with Gasteiger partial charge in [-0.15, -0.1) is 0 Å².